The molecular weight excluding hydrogens is 242 g/mol. The number of nitrogens with two attached hydrogens (primary N) is 1. The molecule has 98 valence electrons. The molecule has 0 spiro atoms. The molecule has 0 unspecified atom stereocenters. The van der Waals surface area contributed by atoms with E-state index in [1.165, 1.54) is 6.08 Å². The topological polar surface area (TPSA) is 65.5 Å². The van der Waals surface area contributed by atoms with Crippen molar-refractivity contribution in [2.24, 2.45) is 0 Å². The number of hydrogen-bond acceptors (Lipinski definition) is 4. The van der Waals surface area contributed by atoms with Gasteiger partial charge in [0.1, 0.15) is 12.4 Å². The average molecular weight is 257 g/mol. The van der Waals surface area contributed by atoms with Crippen LogP contribution < -0.4 is 5.73 Å². The first kappa shape index (κ1) is 13.0. The molecular formula is C15H15NO3. The molecule has 1 heterocycles. The van der Waals surface area contributed by atoms with Crippen molar-refractivity contribution in [2.45, 2.75) is 6.92 Å². The summed E-state index contributed by atoms with van der Waals surface area (Å²) in [4.78, 5) is 11.6. The Labute approximate surface area is 111 Å². The molecule has 0 bridgehead atoms. The van der Waals surface area contributed by atoms with E-state index in [0.29, 0.717) is 11.4 Å². The van der Waals surface area contributed by atoms with Gasteiger partial charge in [0, 0.05) is 11.3 Å². The van der Waals surface area contributed by atoms with Crippen LogP contribution in [0.1, 0.15) is 16.1 Å². The van der Waals surface area contributed by atoms with Gasteiger partial charge >= 0.3 is 5.97 Å². The third kappa shape index (κ3) is 2.85. The fourth-order valence-corrected chi connectivity index (χ4v) is 1.70. The molecule has 19 heavy (non-hydrogen) atoms. The van der Waals surface area contributed by atoms with E-state index in [1.54, 1.807) is 12.1 Å². The number of esters is 1. The molecule has 1 aromatic carbocycles. The van der Waals surface area contributed by atoms with Crippen molar-refractivity contribution in [2.75, 3.05) is 12.3 Å². The maximum atomic E-state index is 11.6. The minimum atomic E-state index is -0.507. The van der Waals surface area contributed by atoms with Gasteiger partial charge in [-0.05, 0) is 36.8 Å². The van der Waals surface area contributed by atoms with Crippen LogP contribution in [0, 0.1) is 6.92 Å². The molecule has 4 heteroatoms. The van der Waals surface area contributed by atoms with Crippen LogP contribution in [-0.2, 0) is 4.74 Å². The normalized spacial score (nSPS) is 10.2. The van der Waals surface area contributed by atoms with Crippen molar-refractivity contribution in [3.8, 4) is 11.3 Å². The van der Waals surface area contributed by atoms with Crippen LogP contribution in [0.5, 0.6) is 0 Å². The third-order valence-electron chi connectivity index (χ3n) is 2.67. The fourth-order valence-electron chi connectivity index (χ4n) is 1.70. The lowest BCUT2D eigenvalue weighted by Crippen LogP contribution is -2.03. The molecule has 0 aliphatic heterocycles. The number of aryl methyl sites for hydroxylation is 1. The van der Waals surface area contributed by atoms with E-state index in [1.807, 2.05) is 25.1 Å². The number of anilines is 1. The second-order valence-corrected chi connectivity index (χ2v) is 4.13. The van der Waals surface area contributed by atoms with Gasteiger partial charge in [0.15, 0.2) is 0 Å². The zero-order valence-corrected chi connectivity index (χ0v) is 10.7. The van der Waals surface area contributed by atoms with Crippen LogP contribution in [0.3, 0.4) is 0 Å². The molecule has 4 nitrogen and oxygen atoms in total. The number of carbonyl (C=O) groups excluding carboxylic acids is 1. The summed E-state index contributed by atoms with van der Waals surface area (Å²) < 4.78 is 10.4. The van der Waals surface area contributed by atoms with Crippen LogP contribution in [0.4, 0.5) is 5.69 Å². The van der Waals surface area contributed by atoms with Gasteiger partial charge in [-0.15, -0.1) is 0 Å². The zero-order chi connectivity index (χ0) is 13.8. The highest BCUT2D eigenvalue weighted by Gasteiger charge is 2.14. The van der Waals surface area contributed by atoms with Crippen LogP contribution in [-0.4, -0.2) is 12.6 Å². The van der Waals surface area contributed by atoms with E-state index in [2.05, 4.69) is 6.58 Å². The predicted octanol–water partition coefficient (Wildman–Crippen LogP) is 3.18. The summed E-state index contributed by atoms with van der Waals surface area (Å²) >= 11 is 0. The summed E-state index contributed by atoms with van der Waals surface area (Å²) in [6, 6.07) is 8.85. The largest absolute Gasteiger partial charge is 0.456 e. The number of carbonyl (C=O) groups is 1. The second kappa shape index (κ2) is 5.44. The van der Waals surface area contributed by atoms with E-state index in [-0.39, 0.29) is 12.4 Å². The van der Waals surface area contributed by atoms with Crippen molar-refractivity contribution < 1.29 is 13.9 Å². The van der Waals surface area contributed by atoms with Gasteiger partial charge in [-0.2, -0.15) is 0 Å². The standard InChI is InChI=1S/C15H15NO3/c1-3-8-18-15(17)14-7-6-13(19-14)12-9-11(16)5-4-10(12)2/h3-7,9H,1,8,16H2,2H3. The van der Waals surface area contributed by atoms with E-state index in [9.17, 15) is 4.79 Å². The van der Waals surface area contributed by atoms with Crippen LogP contribution in [0.25, 0.3) is 11.3 Å². The number of benzene rings is 1. The van der Waals surface area contributed by atoms with E-state index in [4.69, 9.17) is 14.9 Å². The van der Waals surface area contributed by atoms with Crippen LogP contribution in [0.15, 0.2) is 47.4 Å². The molecule has 2 N–H and O–H groups in total. The number of hydrogen-bond donors (Lipinski definition) is 1. The van der Waals surface area contributed by atoms with Gasteiger partial charge in [-0.25, -0.2) is 4.79 Å². The van der Waals surface area contributed by atoms with Gasteiger partial charge < -0.3 is 14.9 Å². The Hall–Kier alpha value is -2.49. The Balaban J connectivity index is 2.28. The number of nitrogen functional groups attached to an aromatic ring is 1. The molecule has 0 fully saturated rings. The van der Waals surface area contributed by atoms with Gasteiger partial charge in [-0.3, -0.25) is 0 Å². The third-order valence-corrected chi connectivity index (χ3v) is 2.67. The maximum absolute atomic E-state index is 11.6. The molecule has 0 aliphatic carbocycles. The molecule has 0 saturated heterocycles. The monoisotopic (exact) mass is 257 g/mol. The van der Waals surface area contributed by atoms with E-state index >= 15 is 0 Å². The van der Waals surface area contributed by atoms with Gasteiger partial charge in [0.25, 0.3) is 0 Å². The molecule has 0 atom stereocenters. The minimum Gasteiger partial charge on any atom is -0.456 e. The predicted molar refractivity (Wildman–Crippen MR) is 73.8 cm³/mol. The highest BCUT2D eigenvalue weighted by Crippen LogP contribution is 2.27. The summed E-state index contributed by atoms with van der Waals surface area (Å²) in [5.41, 5.74) is 8.29. The Morgan fingerprint density at radius 3 is 2.95 bits per heavy atom. The molecule has 0 radical (unpaired) electrons. The quantitative estimate of drug-likeness (QED) is 0.519. The van der Waals surface area contributed by atoms with Gasteiger partial charge in [-0.1, -0.05) is 18.7 Å². The van der Waals surface area contributed by atoms with Crippen molar-refractivity contribution in [1.82, 2.24) is 0 Å². The maximum Gasteiger partial charge on any atom is 0.374 e. The lowest BCUT2D eigenvalue weighted by atomic mass is 10.1. The average Bonchev–Trinajstić information content (AvgIpc) is 2.88. The van der Waals surface area contributed by atoms with Gasteiger partial charge in [0.05, 0.1) is 0 Å². The number of ether oxygens (including phenoxy) is 1. The molecule has 0 amide bonds. The smallest absolute Gasteiger partial charge is 0.374 e. The highest BCUT2D eigenvalue weighted by atomic mass is 16.5. The lowest BCUT2D eigenvalue weighted by Gasteiger charge is -2.04. The summed E-state index contributed by atoms with van der Waals surface area (Å²) in [6.45, 7) is 5.59. The van der Waals surface area contributed by atoms with Crippen LogP contribution in [0.2, 0.25) is 0 Å². The first-order valence-electron chi connectivity index (χ1n) is 5.86. The molecule has 0 aliphatic rings. The molecule has 1 aromatic heterocycles. The second-order valence-electron chi connectivity index (χ2n) is 4.13. The van der Waals surface area contributed by atoms with Crippen molar-refractivity contribution in [3.63, 3.8) is 0 Å². The Kier molecular flexibility index (Phi) is 3.71. The van der Waals surface area contributed by atoms with Crippen LogP contribution >= 0.6 is 0 Å². The van der Waals surface area contributed by atoms with E-state index < -0.39 is 5.97 Å². The Bertz CT molecular complexity index is 614. The highest BCUT2D eigenvalue weighted by molar-refractivity contribution is 5.87. The summed E-state index contributed by atoms with van der Waals surface area (Å²) in [5.74, 6) is 0.252. The molecule has 0 saturated carbocycles. The molecule has 2 aromatic rings. The summed E-state index contributed by atoms with van der Waals surface area (Å²) in [7, 11) is 0. The van der Waals surface area contributed by atoms with Crippen molar-refractivity contribution in [3.05, 3.63) is 54.3 Å². The Morgan fingerprint density at radius 2 is 2.21 bits per heavy atom. The summed E-state index contributed by atoms with van der Waals surface area (Å²) in [5, 5.41) is 0. The fraction of sp³-hybridized carbons (Fsp3) is 0.133. The minimum absolute atomic E-state index is 0.159. The lowest BCUT2D eigenvalue weighted by molar-refractivity contribution is 0.0514. The number of furan rings is 1. The summed E-state index contributed by atoms with van der Waals surface area (Å²) in [6.07, 6.45) is 1.50. The zero-order valence-electron chi connectivity index (χ0n) is 10.7. The SMILES string of the molecule is C=CCOC(=O)c1ccc(-c2cc(N)ccc2C)o1. The molecule has 2 rings (SSSR count). The van der Waals surface area contributed by atoms with Crippen molar-refractivity contribution >= 4 is 11.7 Å². The number of rotatable bonds is 4. The van der Waals surface area contributed by atoms with Crippen molar-refractivity contribution in [1.29, 1.82) is 0 Å². The first-order chi connectivity index (χ1) is 9.11. The van der Waals surface area contributed by atoms with Gasteiger partial charge in [0.2, 0.25) is 5.76 Å². The Morgan fingerprint density at radius 1 is 1.42 bits per heavy atom. The first-order valence-corrected chi connectivity index (χ1v) is 5.86. The van der Waals surface area contributed by atoms with E-state index in [0.717, 1.165) is 11.1 Å².